The molecule has 1 aromatic carbocycles. The van der Waals surface area contributed by atoms with E-state index in [1.165, 1.54) is 6.39 Å². The molecular weight excluding hydrogens is 328 g/mol. The Morgan fingerprint density at radius 2 is 2.38 bits per heavy atom. The standard InChI is InChI=1S/C16H18N4O3S/c21-16(20-5-7-24-14-9-22-6-4-13(14)20)18-12-3-1-2-11(8-12)15-19-17-10-23-15/h1-3,8,10,13-14H,4-7,9H2,(H,18,21)/t13-,14+/m1/s1. The number of carbonyl (C=O) groups excluding carboxylic acids is 1. The van der Waals surface area contributed by atoms with Gasteiger partial charge in [0.15, 0.2) is 0 Å². The fraction of sp³-hybridized carbons (Fsp3) is 0.438. The van der Waals surface area contributed by atoms with Crippen molar-refractivity contribution in [3.8, 4) is 11.5 Å². The summed E-state index contributed by atoms with van der Waals surface area (Å²) in [6, 6.07) is 7.61. The van der Waals surface area contributed by atoms with Crippen molar-refractivity contribution in [3.05, 3.63) is 30.7 Å². The van der Waals surface area contributed by atoms with Gasteiger partial charge in [-0.2, -0.15) is 11.8 Å². The van der Waals surface area contributed by atoms with Gasteiger partial charge in [0, 0.05) is 41.4 Å². The average Bonchev–Trinajstić information content (AvgIpc) is 3.16. The Labute approximate surface area is 143 Å². The van der Waals surface area contributed by atoms with Gasteiger partial charge in [-0.1, -0.05) is 6.07 Å². The molecule has 2 aromatic rings. The van der Waals surface area contributed by atoms with E-state index in [4.69, 9.17) is 9.15 Å². The SMILES string of the molecule is O=C(Nc1cccc(-c2nnco2)c1)N1CCS[C@H]2COCC[C@H]21. The molecule has 7 nitrogen and oxygen atoms in total. The van der Waals surface area contributed by atoms with Gasteiger partial charge in [-0.3, -0.25) is 0 Å². The number of urea groups is 1. The molecule has 0 spiro atoms. The Morgan fingerprint density at radius 1 is 1.42 bits per heavy atom. The van der Waals surface area contributed by atoms with Crippen molar-refractivity contribution in [1.82, 2.24) is 15.1 Å². The molecular formula is C16H18N4O3S. The molecule has 0 aliphatic carbocycles. The summed E-state index contributed by atoms with van der Waals surface area (Å²) in [5.74, 6) is 1.38. The zero-order chi connectivity index (χ0) is 16.4. The normalized spacial score (nSPS) is 23.6. The maximum atomic E-state index is 12.7. The van der Waals surface area contributed by atoms with Crippen LogP contribution in [0.1, 0.15) is 6.42 Å². The lowest BCUT2D eigenvalue weighted by Crippen LogP contribution is -2.55. The predicted molar refractivity (Wildman–Crippen MR) is 90.9 cm³/mol. The smallest absolute Gasteiger partial charge is 0.322 e. The Kier molecular flexibility index (Phi) is 4.40. The fourth-order valence-electron chi connectivity index (χ4n) is 3.16. The maximum Gasteiger partial charge on any atom is 0.322 e. The molecule has 1 N–H and O–H groups in total. The Bertz CT molecular complexity index is 707. The van der Waals surface area contributed by atoms with Crippen LogP contribution in [0.15, 0.2) is 35.1 Å². The van der Waals surface area contributed by atoms with Gasteiger partial charge in [0.1, 0.15) is 0 Å². The lowest BCUT2D eigenvalue weighted by Gasteiger charge is -2.43. The third kappa shape index (κ3) is 3.11. The lowest BCUT2D eigenvalue weighted by atomic mass is 10.1. The van der Waals surface area contributed by atoms with E-state index >= 15 is 0 Å². The van der Waals surface area contributed by atoms with Crippen molar-refractivity contribution < 1.29 is 13.9 Å². The second-order valence-electron chi connectivity index (χ2n) is 5.79. The number of hydrogen-bond acceptors (Lipinski definition) is 6. The molecule has 0 saturated carbocycles. The summed E-state index contributed by atoms with van der Waals surface area (Å²) in [5, 5.41) is 10.9. The van der Waals surface area contributed by atoms with E-state index in [-0.39, 0.29) is 12.1 Å². The van der Waals surface area contributed by atoms with E-state index in [0.717, 1.165) is 43.2 Å². The highest BCUT2D eigenvalue weighted by Crippen LogP contribution is 2.30. The van der Waals surface area contributed by atoms with Crippen molar-refractivity contribution in [3.63, 3.8) is 0 Å². The van der Waals surface area contributed by atoms with Crippen molar-refractivity contribution in [2.45, 2.75) is 17.7 Å². The molecule has 24 heavy (non-hydrogen) atoms. The molecule has 2 atom stereocenters. The van der Waals surface area contributed by atoms with Crippen LogP contribution in [0.4, 0.5) is 10.5 Å². The van der Waals surface area contributed by atoms with E-state index in [9.17, 15) is 4.79 Å². The van der Waals surface area contributed by atoms with Crippen LogP contribution < -0.4 is 5.32 Å². The summed E-state index contributed by atoms with van der Waals surface area (Å²) in [4.78, 5) is 14.7. The fourth-order valence-corrected chi connectivity index (χ4v) is 4.46. The molecule has 0 unspecified atom stereocenters. The largest absolute Gasteiger partial charge is 0.423 e. The van der Waals surface area contributed by atoms with Crippen molar-refractivity contribution in [1.29, 1.82) is 0 Å². The lowest BCUT2D eigenvalue weighted by molar-refractivity contribution is 0.0520. The van der Waals surface area contributed by atoms with E-state index in [0.29, 0.717) is 11.1 Å². The first-order valence-electron chi connectivity index (χ1n) is 7.95. The molecule has 2 aliphatic heterocycles. The molecule has 2 aliphatic rings. The van der Waals surface area contributed by atoms with Crippen LogP contribution in [-0.4, -0.2) is 57.9 Å². The van der Waals surface area contributed by atoms with Crippen LogP contribution >= 0.6 is 11.8 Å². The number of amides is 2. The second-order valence-corrected chi connectivity index (χ2v) is 7.14. The Morgan fingerprint density at radius 3 is 3.25 bits per heavy atom. The molecule has 0 radical (unpaired) electrons. The van der Waals surface area contributed by atoms with Gasteiger partial charge in [-0.05, 0) is 24.6 Å². The number of hydrogen-bond donors (Lipinski definition) is 1. The number of benzene rings is 1. The number of nitrogens with one attached hydrogen (secondary N) is 1. The topological polar surface area (TPSA) is 80.5 Å². The maximum absolute atomic E-state index is 12.7. The summed E-state index contributed by atoms with van der Waals surface area (Å²) < 4.78 is 10.7. The van der Waals surface area contributed by atoms with Gasteiger partial charge >= 0.3 is 6.03 Å². The first-order valence-corrected chi connectivity index (χ1v) is 9.00. The third-order valence-electron chi connectivity index (χ3n) is 4.32. The van der Waals surface area contributed by atoms with Crippen molar-refractivity contribution in [2.24, 2.45) is 0 Å². The van der Waals surface area contributed by atoms with Gasteiger partial charge in [0.05, 0.1) is 6.61 Å². The molecule has 3 heterocycles. The van der Waals surface area contributed by atoms with Gasteiger partial charge in [0.2, 0.25) is 12.3 Å². The van der Waals surface area contributed by atoms with Crippen LogP contribution in [0.2, 0.25) is 0 Å². The Balaban J connectivity index is 1.48. The zero-order valence-electron chi connectivity index (χ0n) is 13.1. The first kappa shape index (κ1) is 15.5. The molecule has 126 valence electrons. The number of nitrogens with zero attached hydrogens (tertiary/aromatic N) is 3. The summed E-state index contributed by atoms with van der Waals surface area (Å²) in [6.45, 7) is 2.21. The molecule has 8 heteroatoms. The minimum absolute atomic E-state index is 0.0603. The first-order chi connectivity index (χ1) is 11.8. The van der Waals surface area contributed by atoms with Crippen molar-refractivity contribution >= 4 is 23.5 Å². The average molecular weight is 346 g/mol. The molecule has 2 saturated heterocycles. The van der Waals surface area contributed by atoms with Gasteiger partial charge in [-0.25, -0.2) is 4.79 Å². The van der Waals surface area contributed by atoms with E-state index < -0.39 is 0 Å². The molecule has 4 rings (SSSR count). The van der Waals surface area contributed by atoms with E-state index in [1.54, 1.807) is 0 Å². The van der Waals surface area contributed by atoms with E-state index in [1.807, 2.05) is 40.9 Å². The molecule has 2 amide bonds. The highest BCUT2D eigenvalue weighted by Gasteiger charge is 2.36. The summed E-state index contributed by atoms with van der Waals surface area (Å²) in [6.07, 6.45) is 2.18. The number of ether oxygens (including phenoxy) is 1. The van der Waals surface area contributed by atoms with Crippen LogP contribution in [-0.2, 0) is 4.74 Å². The number of rotatable bonds is 2. The summed E-state index contributed by atoms with van der Waals surface area (Å²) in [7, 11) is 0. The molecule has 1 aromatic heterocycles. The van der Waals surface area contributed by atoms with Crippen LogP contribution in [0, 0.1) is 0 Å². The van der Waals surface area contributed by atoms with Crippen LogP contribution in [0.3, 0.4) is 0 Å². The quantitative estimate of drug-likeness (QED) is 0.900. The second kappa shape index (κ2) is 6.82. The van der Waals surface area contributed by atoms with Gasteiger partial charge in [0.25, 0.3) is 0 Å². The highest BCUT2D eigenvalue weighted by molar-refractivity contribution is 8.00. The van der Waals surface area contributed by atoms with Gasteiger partial charge in [-0.15, -0.1) is 10.2 Å². The minimum Gasteiger partial charge on any atom is -0.423 e. The monoisotopic (exact) mass is 346 g/mol. The zero-order valence-corrected chi connectivity index (χ0v) is 13.9. The minimum atomic E-state index is -0.0603. The number of carbonyl (C=O) groups is 1. The summed E-state index contributed by atoms with van der Waals surface area (Å²) in [5.41, 5.74) is 1.50. The predicted octanol–water partition coefficient (Wildman–Crippen LogP) is 2.47. The summed E-state index contributed by atoms with van der Waals surface area (Å²) >= 11 is 1.90. The third-order valence-corrected chi connectivity index (χ3v) is 5.61. The molecule has 0 bridgehead atoms. The van der Waals surface area contributed by atoms with Crippen LogP contribution in [0.25, 0.3) is 11.5 Å². The number of aromatic nitrogens is 2. The number of fused-ring (bicyclic) bond motifs is 1. The highest BCUT2D eigenvalue weighted by atomic mass is 32.2. The number of anilines is 1. The number of thioether (sulfide) groups is 1. The molecule has 2 fully saturated rings. The Hall–Kier alpha value is -2.06. The van der Waals surface area contributed by atoms with Crippen LogP contribution in [0.5, 0.6) is 0 Å². The van der Waals surface area contributed by atoms with E-state index in [2.05, 4.69) is 15.5 Å². The van der Waals surface area contributed by atoms with Crippen molar-refractivity contribution in [2.75, 3.05) is 30.8 Å². The van der Waals surface area contributed by atoms with Gasteiger partial charge < -0.3 is 19.4 Å².